The first-order valence-electron chi connectivity index (χ1n) is 11.8. The summed E-state index contributed by atoms with van der Waals surface area (Å²) < 4.78 is 0. The molecule has 0 spiro atoms. The summed E-state index contributed by atoms with van der Waals surface area (Å²) in [5, 5.41) is 9.06. The Balaban J connectivity index is 1.37. The molecule has 0 radical (unpaired) electrons. The van der Waals surface area contributed by atoms with Crippen molar-refractivity contribution in [3.8, 4) is 6.07 Å². The van der Waals surface area contributed by atoms with E-state index in [9.17, 15) is 0 Å². The third-order valence-corrected chi connectivity index (χ3v) is 7.38. The fraction of sp³-hybridized carbons (Fsp3) is 0.731. The summed E-state index contributed by atoms with van der Waals surface area (Å²) in [4.78, 5) is 0. The summed E-state index contributed by atoms with van der Waals surface area (Å²) in [6, 6.07) is 11.9. The summed E-state index contributed by atoms with van der Waals surface area (Å²) in [7, 11) is 0. The van der Waals surface area contributed by atoms with Crippen LogP contribution in [0.4, 0.5) is 0 Å². The van der Waals surface area contributed by atoms with E-state index in [0.29, 0.717) is 11.8 Å². The third kappa shape index (κ3) is 6.38. The van der Waals surface area contributed by atoms with Gasteiger partial charge in [-0.15, -0.1) is 0 Å². The molecule has 0 heterocycles. The molecule has 1 nitrogen and oxygen atoms in total. The van der Waals surface area contributed by atoms with Gasteiger partial charge in [-0.3, -0.25) is 0 Å². The SMILES string of the molecule is CCCCC[C@H]1CC[C@H](CCc2ccc([C@H]3CC[C@H](C#N)CC3)cc2)CC1. The van der Waals surface area contributed by atoms with E-state index in [-0.39, 0.29) is 0 Å². The molecule has 0 aliphatic heterocycles. The molecular formula is C26H39N. The fourth-order valence-corrected chi connectivity index (χ4v) is 5.37. The first-order chi connectivity index (χ1) is 13.3. The van der Waals surface area contributed by atoms with Crippen molar-refractivity contribution in [2.24, 2.45) is 17.8 Å². The van der Waals surface area contributed by atoms with Crippen LogP contribution in [0.1, 0.15) is 107 Å². The average molecular weight is 366 g/mol. The van der Waals surface area contributed by atoms with Gasteiger partial charge in [0.15, 0.2) is 0 Å². The smallest absolute Gasteiger partial charge is 0.0655 e. The predicted molar refractivity (Wildman–Crippen MR) is 115 cm³/mol. The lowest BCUT2D eigenvalue weighted by Crippen LogP contribution is -2.15. The van der Waals surface area contributed by atoms with Gasteiger partial charge < -0.3 is 0 Å². The summed E-state index contributed by atoms with van der Waals surface area (Å²) in [6.45, 7) is 2.31. The van der Waals surface area contributed by atoms with Crippen LogP contribution in [0.25, 0.3) is 0 Å². The summed E-state index contributed by atoms with van der Waals surface area (Å²) in [5.74, 6) is 2.99. The number of unbranched alkanes of at least 4 members (excludes halogenated alkanes) is 2. The van der Waals surface area contributed by atoms with Gasteiger partial charge in [0.2, 0.25) is 0 Å². The highest BCUT2D eigenvalue weighted by Crippen LogP contribution is 2.36. The second-order valence-corrected chi connectivity index (χ2v) is 9.34. The predicted octanol–water partition coefficient (Wildman–Crippen LogP) is 7.80. The standard InChI is InChI=1S/C26H39N/c1-2-3-4-5-21-6-8-22(9-7-21)10-11-23-12-16-25(17-13-23)26-18-14-24(20-27)15-19-26/h12-13,16-17,21-22,24,26H,2-11,14-15,18-19H2,1H3/t21-,22-,24-,26-. The lowest BCUT2D eigenvalue weighted by atomic mass is 9.77. The van der Waals surface area contributed by atoms with Crippen molar-refractivity contribution < 1.29 is 0 Å². The van der Waals surface area contributed by atoms with Gasteiger partial charge in [0.25, 0.3) is 0 Å². The Kier molecular flexibility index (Phi) is 8.25. The maximum atomic E-state index is 9.06. The van der Waals surface area contributed by atoms with Gasteiger partial charge in [0, 0.05) is 5.92 Å². The van der Waals surface area contributed by atoms with Crippen molar-refractivity contribution in [2.45, 2.75) is 103 Å². The highest BCUT2D eigenvalue weighted by molar-refractivity contribution is 5.26. The second kappa shape index (κ2) is 10.9. The molecule has 2 fully saturated rings. The zero-order valence-corrected chi connectivity index (χ0v) is 17.5. The van der Waals surface area contributed by atoms with Crippen LogP contribution in [0.15, 0.2) is 24.3 Å². The molecule has 2 aliphatic rings. The van der Waals surface area contributed by atoms with Crippen LogP contribution in [0.3, 0.4) is 0 Å². The lowest BCUT2D eigenvalue weighted by Gasteiger charge is -2.28. The Morgan fingerprint density at radius 2 is 1.44 bits per heavy atom. The van der Waals surface area contributed by atoms with E-state index in [1.807, 2.05) is 0 Å². The van der Waals surface area contributed by atoms with Gasteiger partial charge in [0.1, 0.15) is 0 Å². The van der Waals surface area contributed by atoms with Crippen molar-refractivity contribution in [1.29, 1.82) is 5.26 Å². The molecule has 1 heteroatoms. The Labute approximate surface area is 167 Å². The van der Waals surface area contributed by atoms with Crippen LogP contribution in [-0.2, 0) is 6.42 Å². The third-order valence-electron chi connectivity index (χ3n) is 7.38. The Hall–Kier alpha value is -1.29. The number of nitrogens with zero attached hydrogens (tertiary/aromatic N) is 1. The number of rotatable bonds is 8. The maximum absolute atomic E-state index is 9.06. The first kappa shape index (κ1) is 20.4. The number of hydrogen-bond donors (Lipinski definition) is 0. The monoisotopic (exact) mass is 365 g/mol. The lowest BCUT2D eigenvalue weighted by molar-refractivity contribution is 0.249. The van der Waals surface area contributed by atoms with Gasteiger partial charge in [0.05, 0.1) is 6.07 Å². The van der Waals surface area contributed by atoms with E-state index in [0.717, 1.165) is 24.7 Å². The molecule has 0 amide bonds. The number of nitriles is 1. The summed E-state index contributed by atoms with van der Waals surface area (Å²) >= 11 is 0. The highest BCUT2D eigenvalue weighted by atomic mass is 14.3. The zero-order valence-electron chi connectivity index (χ0n) is 17.5. The van der Waals surface area contributed by atoms with Crippen LogP contribution in [0.5, 0.6) is 0 Å². The normalized spacial score (nSPS) is 28.6. The number of benzene rings is 1. The fourth-order valence-electron chi connectivity index (χ4n) is 5.37. The molecule has 0 bridgehead atoms. The van der Waals surface area contributed by atoms with Crippen molar-refractivity contribution >= 4 is 0 Å². The minimum absolute atomic E-state index is 0.308. The highest BCUT2D eigenvalue weighted by Gasteiger charge is 2.22. The molecule has 0 N–H and O–H groups in total. The molecule has 0 unspecified atom stereocenters. The van der Waals surface area contributed by atoms with Crippen LogP contribution in [0, 0.1) is 29.1 Å². The van der Waals surface area contributed by atoms with E-state index < -0.39 is 0 Å². The van der Waals surface area contributed by atoms with Crippen molar-refractivity contribution in [1.82, 2.24) is 0 Å². The van der Waals surface area contributed by atoms with E-state index in [1.165, 1.54) is 88.2 Å². The van der Waals surface area contributed by atoms with Crippen LogP contribution in [-0.4, -0.2) is 0 Å². The number of aryl methyl sites for hydroxylation is 1. The van der Waals surface area contributed by atoms with Gasteiger partial charge in [-0.25, -0.2) is 0 Å². The molecule has 0 atom stereocenters. The van der Waals surface area contributed by atoms with Gasteiger partial charge in [-0.2, -0.15) is 5.26 Å². The Bertz CT molecular complexity index is 565. The Morgan fingerprint density at radius 3 is 2.04 bits per heavy atom. The summed E-state index contributed by atoms with van der Waals surface area (Å²) in [5.41, 5.74) is 3.03. The molecule has 1 aromatic carbocycles. The van der Waals surface area contributed by atoms with E-state index >= 15 is 0 Å². The van der Waals surface area contributed by atoms with Crippen molar-refractivity contribution in [3.05, 3.63) is 35.4 Å². The average Bonchev–Trinajstić information content (AvgIpc) is 2.74. The van der Waals surface area contributed by atoms with Crippen LogP contribution < -0.4 is 0 Å². The topological polar surface area (TPSA) is 23.8 Å². The van der Waals surface area contributed by atoms with Crippen molar-refractivity contribution in [3.63, 3.8) is 0 Å². The van der Waals surface area contributed by atoms with Crippen molar-refractivity contribution in [2.75, 3.05) is 0 Å². The number of hydrogen-bond acceptors (Lipinski definition) is 1. The van der Waals surface area contributed by atoms with Crippen LogP contribution >= 0.6 is 0 Å². The molecule has 2 aliphatic carbocycles. The zero-order chi connectivity index (χ0) is 18.9. The molecule has 3 rings (SSSR count). The van der Waals surface area contributed by atoms with Gasteiger partial charge in [-0.05, 0) is 67.4 Å². The van der Waals surface area contributed by atoms with Gasteiger partial charge in [-0.1, -0.05) is 82.6 Å². The molecule has 0 saturated heterocycles. The van der Waals surface area contributed by atoms with Gasteiger partial charge >= 0.3 is 0 Å². The first-order valence-corrected chi connectivity index (χ1v) is 11.8. The minimum Gasteiger partial charge on any atom is -0.198 e. The summed E-state index contributed by atoms with van der Waals surface area (Å²) in [6.07, 6.45) is 18.8. The Morgan fingerprint density at radius 1 is 0.815 bits per heavy atom. The maximum Gasteiger partial charge on any atom is 0.0655 e. The van der Waals surface area contributed by atoms with Crippen LogP contribution in [0.2, 0.25) is 0 Å². The van der Waals surface area contributed by atoms with E-state index in [2.05, 4.69) is 37.3 Å². The van der Waals surface area contributed by atoms with E-state index in [1.54, 1.807) is 0 Å². The molecular weight excluding hydrogens is 326 g/mol. The quantitative estimate of drug-likeness (QED) is 0.431. The molecule has 27 heavy (non-hydrogen) atoms. The minimum atomic E-state index is 0.308. The largest absolute Gasteiger partial charge is 0.198 e. The molecule has 1 aromatic rings. The second-order valence-electron chi connectivity index (χ2n) is 9.34. The molecule has 0 aromatic heterocycles. The molecule has 148 valence electrons. The van der Waals surface area contributed by atoms with E-state index in [4.69, 9.17) is 5.26 Å². The molecule has 2 saturated carbocycles.